The molecule has 3 atom stereocenters. The number of nitrogens with zero attached hydrogens (tertiary/aromatic N) is 1. The van der Waals surface area contributed by atoms with Crippen molar-refractivity contribution in [2.75, 3.05) is 19.8 Å². The topological polar surface area (TPSA) is 107 Å². The first-order valence-electron chi connectivity index (χ1n) is 4.83. The highest BCUT2D eigenvalue weighted by Crippen LogP contribution is 2.22. The fraction of sp³-hybridized carbons (Fsp3) is 0.875. The van der Waals surface area contributed by atoms with Crippen LogP contribution in [0.5, 0.6) is 0 Å². The maximum Gasteiger partial charge on any atom is 0.233 e. The summed E-state index contributed by atoms with van der Waals surface area (Å²) in [5, 5.41) is 27.8. The summed E-state index contributed by atoms with van der Waals surface area (Å²) in [7, 11) is -0.765. The van der Waals surface area contributed by atoms with Gasteiger partial charge in [-0.2, -0.15) is 0 Å². The van der Waals surface area contributed by atoms with Crippen LogP contribution in [0.1, 0.15) is 12.8 Å². The Labute approximate surface area is 94.5 Å². The average molecular weight is 255 g/mol. The maximum absolute atomic E-state index is 10.9. The summed E-state index contributed by atoms with van der Waals surface area (Å²) in [4.78, 5) is 10.0. The molecule has 96 valence electrons. The normalized spacial score (nSPS) is 16.5. The first-order valence-corrected chi connectivity index (χ1v) is 6.35. The predicted molar refractivity (Wildman–Crippen MR) is 56.7 cm³/mol. The Kier molecular flexibility index (Phi) is 8.42. The smallest absolute Gasteiger partial charge is 0.233 e. The highest BCUT2D eigenvalue weighted by atomic mass is 31.1. The molecule has 0 aromatic carbocycles. The summed E-state index contributed by atoms with van der Waals surface area (Å²) in [6.45, 7) is -0.264. The van der Waals surface area contributed by atoms with Gasteiger partial charge in [0.1, 0.15) is 0 Å². The van der Waals surface area contributed by atoms with Gasteiger partial charge < -0.3 is 14.7 Å². The van der Waals surface area contributed by atoms with E-state index in [-0.39, 0.29) is 32.0 Å². The Hall–Kier alpha value is -0.460. The van der Waals surface area contributed by atoms with Gasteiger partial charge in [-0.15, -0.1) is 0 Å². The van der Waals surface area contributed by atoms with E-state index < -0.39 is 20.2 Å². The summed E-state index contributed by atoms with van der Waals surface area (Å²) in [6.07, 6.45) is -1.20. The van der Waals surface area contributed by atoms with Crippen molar-refractivity contribution >= 4 is 14.4 Å². The molecule has 0 spiro atoms. The molecule has 1 amide bonds. The minimum atomic E-state index is -2.09. The second-order valence-electron chi connectivity index (χ2n) is 3.39. The van der Waals surface area contributed by atoms with Crippen LogP contribution in [-0.4, -0.2) is 58.9 Å². The van der Waals surface area contributed by atoms with Gasteiger partial charge in [0.05, 0.1) is 18.8 Å². The maximum atomic E-state index is 10.9. The zero-order valence-corrected chi connectivity index (χ0v) is 10.1. The van der Waals surface area contributed by atoms with Gasteiger partial charge >= 0.3 is 0 Å². The Bertz CT molecular complexity index is 227. The van der Waals surface area contributed by atoms with E-state index in [0.29, 0.717) is 5.06 Å². The first kappa shape index (κ1) is 15.5. The number of aliphatic hydroxyl groups is 2. The van der Waals surface area contributed by atoms with E-state index in [9.17, 15) is 19.6 Å². The molecule has 0 aromatic heterocycles. The summed E-state index contributed by atoms with van der Waals surface area (Å²) in [5.41, 5.74) is 0. The quantitative estimate of drug-likeness (QED) is 0.221. The summed E-state index contributed by atoms with van der Waals surface area (Å²) in [6, 6.07) is 0. The van der Waals surface area contributed by atoms with Crippen molar-refractivity contribution in [2.45, 2.75) is 25.0 Å². The van der Waals surface area contributed by atoms with Crippen molar-refractivity contribution in [1.82, 2.24) is 5.06 Å². The third-order valence-corrected chi connectivity index (χ3v) is 3.13. The molecule has 0 aliphatic carbocycles. The Morgan fingerprint density at radius 3 is 2.56 bits per heavy atom. The van der Waals surface area contributed by atoms with Crippen LogP contribution >= 0.6 is 8.03 Å². The number of carbonyl (C=O) groups excluding carboxylic acids is 1. The molecule has 0 fully saturated rings. The van der Waals surface area contributed by atoms with Crippen LogP contribution in [0.3, 0.4) is 0 Å². The van der Waals surface area contributed by atoms with Gasteiger partial charge in [-0.3, -0.25) is 14.6 Å². The molecule has 8 heteroatoms. The Balaban J connectivity index is 3.73. The summed E-state index contributed by atoms with van der Waals surface area (Å²) < 4.78 is 15.5. The molecule has 7 nitrogen and oxygen atoms in total. The summed E-state index contributed by atoms with van der Waals surface area (Å²) >= 11 is 0. The molecule has 0 bridgehead atoms. The molecule has 0 aromatic rings. The van der Waals surface area contributed by atoms with Crippen LogP contribution in [0.25, 0.3) is 0 Å². The Morgan fingerprint density at radius 2 is 2.06 bits per heavy atom. The van der Waals surface area contributed by atoms with Crippen molar-refractivity contribution in [3.63, 3.8) is 0 Å². The SMILES string of the molecule is CO[PH](=O)CC[C@@H](O)C[C@@H](O)CN(O)C=O. The van der Waals surface area contributed by atoms with E-state index in [1.807, 2.05) is 0 Å². The molecule has 0 saturated heterocycles. The van der Waals surface area contributed by atoms with Gasteiger partial charge in [0, 0.05) is 19.7 Å². The van der Waals surface area contributed by atoms with Gasteiger partial charge in [0.15, 0.2) is 8.03 Å². The molecule has 0 aliphatic heterocycles. The third-order valence-electron chi connectivity index (χ3n) is 1.97. The van der Waals surface area contributed by atoms with E-state index in [1.165, 1.54) is 7.11 Å². The molecule has 3 N–H and O–H groups in total. The number of hydroxylamine groups is 2. The van der Waals surface area contributed by atoms with Gasteiger partial charge in [0.25, 0.3) is 0 Å². The zero-order valence-electron chi connectivity index (χ0n) is 9.07. The second kappa shape index (κ2) is 8.66. The van der Waals surface area contributed by atoms with Crippen molar-refractivity contribution in [3.8, 4) is 0 Å². The average Bonchev–Trinajstić information content (AvgIpc) is 2.25. The number of aliphatic hydroxyl groups excluding tert-OH is 2. The van der Waals surface area contributed by atoms with Crippen molar-refractivity contribution in [3.05, 3.63) is 0 Å². The van der Waals surface area contributed by atoms with E-state index in [0.717, 1.165) is 0 Å². The molecule has 1 unspecified atom stereocenters. The summed E-state index contributed by atoms with van der Waals surface area (Å²) in [5.74, 6) is 0. The molecular weight excluding hydrogens is 237 g/mol. The van der Waals surface area contributed by atoms with Crippen LogP contribution in [0.2, 0.25) is 0 Å². The highest BCUT2D eigenvalue weighted by molar-refractivity contribution is 7.39. The van der Waals surface area contributed by atoms with Crippen LogP contribution in [0, 0.1) is 0 Å². The standard InChI is InChI=1S/C8H18NO6P/c1-15-16(14)3-2-7(11)4-8(12)5-9(13)6-10/h6-8,11-13,16H,2-5H2,1H3/t7-,8-/m1/s1. The van der Waals surface area contributed by atoms with Crippen molar-refractivity contribution < 1.29 is 29.3 Å². The lowest BCUT2D eigenvalue weighted by Crippen LogP contribution is -2.31. The largest absolute Gasteiger partial charge is 0.393 e. The van der Waals surface area contributed by atoms with Crippen LogP contribution in [0.15, 0.2) is 0 Å². The molecule has 0 heterocycles. The number of amides is 1. The van der Waals surface area contributed by atoms with Gasteiger partial charge in [-0.25, -0.2) is 5.06 Å². The number of rotatable bonds is 9. The van der Waals surface area contributed by atoms with Crippen LogP contribution in [-0.2, 0) is 13.9 Å². The molecule has 0 radical (unpaired) electrons. The molecule has 0 saturated carbocycles. The van der Waals surface area contributed by atoms with Gasteiger partial charge in [0.2, 0.25) is 6.41 Å². The minimum Gasteiger partial charge on any atom is -0.393 e. The lowest BCUT2D eigenvalue weighted by Gasteiger charge is -2.17. The van der Waals surface area contributed by atoms with E-state index in [2.05, 4.69) is 4.52 Å². The lowest BCUT2D eigenvalue weighted by atomic mass is 10.1. The number of hydrogen-bond acceptors (Lipinski definition) is 6. The fourth-order valence-corrected chi connectivity index (χ4v) is 1.92. The molecular formula is C8H18NO6P. The van der Waals surface area contributed by atoms with Crippen molar-refractivity contribution in [1.29, 1.82) is 0 Å². The molecule has 0 rings (SSSR count). The second-order valence-corrected chi connectivity index (χ2v) is 5.04. The van der Waals surface area contributed by atoms with E-state index in [4.69, 9.17) is 5.21 Å². The van der Waals surface area contributed by atoms with E-state index >= 15 is 0 Å². The number of carbonyl (C=O) groups is 1. The van der Waals surface area contributed by atoms with Crippen molar-refractivity contribution in [2.24, 2.45) is 0 Å². The minimum absolute atomic E-state index is 0.00373. The number of hydrogen-bond donors (Lipinski definition) is 3. The van der Waals surface area contributed by atoms with Gasteiger partial charge in [-0.05, 0) is 6.42 Å². The zero-order chi connectivity index (χ0) is 12.6. The third kappa shape index (κ3) is 7.78. The predicted octanol–water partition coefficient (Wildman–Crippen LogP) is -0.543. The lowest BCUT2D eigenvalue weighted by molar-refractivity contribution is -0.156. The van der Waals surface area contributed by atoms with Crippen LogP contribution in [0.4, 0.5) is 0 Å². The van der Waals surface area contributed by atoms with Crippen LogP contribution < -0.4 is 0 Å². The fourth-order valence-electron chi connectivity index (χ4n) is 1.15. The van der Waals surface area contributed by atoms with Gasteiger partial charge in [-0.1, -0.05) is 0 Å². The monoisotopic (exact) mass is 255 g/mol. The molecule has 16 heavy (non-hydrogen) atoms. The first-order chi connectivity index (χ1) is 7.49. The Morgan fingerprint density at radius 1 is 1.44 bits per heavy atom. The molecule has 0 aliphatic rings. The highest BCUT2D eigenvalue weighted by Gasteiger charge is 2.15. The van der Waals surface area contributed by atoms with E-state index in [1.54, 1.807) is 0 Å².